The van der Waals surface area contributed by atoms with Crippen LogP contribution in [0, 0.1) is 0 Å². The van der Waals surface area contributed by atoms with Gasteiger partial charge in [-0.15, -0.1) is 34.0 Å². The average Bonchev–Trinajstić information content (AvgIpc) is 2.50. The first-order chi connectivity index (χ1) is 10.4. The van der Waals surface area contributed by atoms with Crippen molar-refractivity contribution in [2.24, 2.45) is 0 Å². The minimum atomic E-state index is 0. The van der Waals surface area contributed by atoms with Crippen LogP contribution in [0.25, 0.3) is 0 Å². The van der Waals surface area contributed by atoms with Crippen molar-refractivity contribution in [2.45, 2.75) is 127 Å². The van der Waals surface area contributed by atoms with E-state index in [4.69, 9.17) is 0 Å². The van der Waals surface area contributed by atoms with Crippen LogP contribution >= 0.6 is 34.0 Å². The third-order valence-corrected chi connectivity index (χ3v) is 5.41. The summed E-state index contributed by atoms with van der Waals surface area (Å²) in [6, 6.07) is 0. The number of rotatable bonds is 18. The van der Waals surface area contributed by atoms with E-state index >= 15 is 0 Å². The van der Waals surface area contributed by atoms with Crippen LogP contribution in [0.15, 0.2) is 0 Å². The summed E-state index contributed by atoms with van der Waals surface area (Å²) < 4.78 is 0. The van der Waals surface area contributed by atoms with Gasteiger partial charge in [-0.1, -0.05) is 51.9 Å². The molecular weight excluding hydrogens is 470 g/mol. The molecule has 23 heavy (non-hydrogen) atoms. The third-order valence-electron chi connectivity index (χ3n) is 4.56. The standard InChI is InChI=1S/C20H41.2BrH.Ga/c1-3-5-7-9-11-13-15-17-19-20-18-16-14-12-10-8-6-4-2;;;/h1,3-20H2,2H3;2*1H;. The normalized spacial score (nSPS) is 10.1. The van der Waals surface area contributed by atoms with Crippen LogP contribution in [-0.4, -0.2) is 18.6 Å². The second kappa shape index (κ2) is 28.4. The van der Waals surface area contributed by atoms with Crippen LogP contribution in [0.2, 0.25) is 4.98 Å². The molecule has 0 aromatic carbocycles. The zero-order chi connectivity index (χ0) is 15.4. The first-order valence-electron chi connectivity index (χ1n) is 10.1. The Balaban J connectivity index is -0.00000200. The Hall–Kier alpha value is 1.60. The van der Waals surface area contributed by atoms with Gasteiger partial charge in [0.15, 0.2) is 0 Å². The van der Waals surface area contributed by atoms with Crippen LogP contribution < -0.4 is 0 Å². The zero-order valence-corrected chi connectivity index (χ0v) is 21.7. The van der Waals surface area contributed by atoms with Gasteiger partial charge < -0.3 is 0 Å². The molecule has 0 bridgehead atoms. The van der Waals surface area contributed by atoms with E-state index in [1.54, 1.807) is 0 Å². The molecule has 0 nitrogen and oxygen atoms in total. The number of unbranched alkanes of at least 4 members (excludes halogenated alkanes) is 17. The summed E-state index contributed by atoms with van der Waals surface area (Å²) in [6.07, 6.45) is 26.6. The molecule has 0 amide bonds. The Morgan fingerprint density at radius 1 is 0.391 bits per heavy atom. The fourth-order valence-electron chi connectivity index (χ4n) is 3.05. The first kappa shape index (κ1) is 29.4. The summed E-state index contributed by atoms with van der Waals surface area (Å²) in [5.74, 6) is 0. The van der Waals surface area contributed by atoms with Gasteiger partial charge in [0.05, 0.1) is 0 Å². The second-order valence-electron chi connectivity index (χ2n) is 6.80. The molecule has 0 saturated carbocycles. The second-order valence-corrected chi connectivity index (χ2v) is 8.01. The molecule has 3 heteroatoms. The molecule has 2 radical (unpaired) electrons. The molecule has 0 unspecified atom stereocenters. The maximum absolute atomic E-state index is 2.30. The average molecular weight is 513 g/mol. The van der Waals surface area contributed by atoms with Crippen molar-refractivity contribution < 1.29 is 0 Å². The van der Waals surface area contributed by atoms with Gasteiger partial charge in [0, 0.05) is 0 Å². The van der Waals surface area contributed by atoms with Crippen LogP contribution in [0.3, 0.4) is 0 Å². The molecular formula is C20H43Br2Ga. The topological polar surface area (TPSA) is 0 Å². The summed E-state index contributed by atoms with van der Waals surface area (Å²) >= 11 is 1.90. The molecule has 0 saturated heterocycles. The van der Waals surface area contributed by atoms with E-state index < -0.39 is 0 Å². The monoisotopic (exact) mass is 510 g/mol. The molecule has 0 fully saturated rings. The minimum absolute atomic E-state index is 0. The SMILES string of the molecule is Br.Br.CCCCCCCCCCCCCCCCCCC[CH2][Ga]. The van der Waals surface area contributed by atoms with E-state index in [1.165, 1.54) is 121 Å². The van der Waals surface area contributed by atoms with Crippen molar-refractivity contribution in [3.63, 3.8) is 0 Å². The van der Waals surface area contributed by atoms with E-state index in [0.717, 1.165) is 0 Å². The van der Waals surface area contributed by atoms with Crippen LogP contribution in [0.5, 0.6) is 0 Å². The van der Waals surface area contributed by atoms with E-state index in [-0.39, 0.29) is 34.0 Å². The Kier molecular flexibility index (Phi) is 36.3. The predicted octanol–water partition coefficient (Wildman–Crippen LogP) is 8.77. The molecule has 0 spiro atoms. The van der Waals surface area contributed by atoms with Gasteiger partial charge in [0.1, 0.15) is 0 Å². The zero-order valence-electron chi connectivity index (χ0n) is 15.8. The molecule has 0 aromatic rings. The van der Waals surface area contributed by atoms with Gasteiger partial charge >= 0.3 is 94.2 Å². The van der Waals surface area contributed by atoms with E-state index in [9.17, 15) is 0 Å². The van der Waals surface area contributed by atoms with Crippen LogP contribution in [0.1, 0.15) is 122 Å². The van der Waals surface area contributed by atoms with Crippen LogP contribution in [0.4, 0.5) is 0 Å². The first-order valence-corrected chi connectivity index (χ1v) is 11.8. The summed E-state index contributed by atoms with van der Waals surface area (Å²) in [4.78, 5) is 1.44. The molecule has 0 aliphatic rings. The fraction of sp³-hybridized carbons (Fsp3) is 1.00. The Labute approximate surface area is 179 Å². The molecule has 0 aromatic heterocycles. The maximum atomic E-state index is 2.30. The molecule has 0 atom stereocenters. The van der Waals surface area contributed by atoms with Gasteiger partial charge in [-0.05, 0) is 0 Å². The summed E-state index contributed by atoms with van der Waals surface area (Å²) in [7, 11) is 0. The van der Waals surface area contributed by atoms with E-state index in [0.29, 0.717) is 0 Å². The molecule has 0 aliphatic heterocycles. The number of halogens is 2. The molecule has 0 N–H and O–H groups in total. The summed E-state index contributed by atoms with van der Waals surface area (Å²) in [6.45, 7) is 2.30. The number of hydrogen-bond acceptors (Lipinski definition) is 0. The Morgan fingerprint density at radius 2 is 0.609 bits per heavy atom. The third kappa shape index (κ3) is 28.7. The van der Waals surface area contributed by atoms with E-state index in [2.05, 4.69) is 6.92 Å². The predicted molar refractivity (Wildman–Crippen MR) is 120 cm³/mol. The fourth-order valence-corrected chi connectivity index (χ4v) is 3.65. The van der Waals surface area contributed by atoms with Gasteiger partial charge in [0.2, 0.25) is 0 Å². The van der Waals surface area contributed by atoms with Gasteiger partial charge in [-0.3, -0.25) is 0 Å². The van der Waals surface area contributed by atoms with Crippen LogP contribution in [-0.2, 0) is 0 Å². The van der Waals surface area contributed by atoms with Crippen molar-refractivity contribution in [3.05, 3.63) is 0 Å². The van der Waals surface area contributed by atoms with Crippen molar-refractivity contribution in [1.29, 1.82) is 0 Å². The quantitative estimate of drug-likeness (QED) is 0.127. The molecule has 0 aliphatic carbocycles. The van der Waals surface area contributed by atoms with Crippen molar-refractivity contribution in [2.75, 3.05) is 0 Å². The van der Waals surface area contributed by atoms with Gasteiger partial charge in [-0.2, -0.15) is 0 Å². The van der Waals surface area contributed by atoms with E-state index in [1.807, 2.05) is 18.6 Å². The van der Waals surface area contributed by atoms with Gasteiger partial charge in [0.25, 0.3) is 0 Å². The molecule has 140 valence electrons. The molecule has 0 heterocycles. The molecule has 0 rings (SSSR count). The van der Waals surface area contributed by atoms with Crippen molar-refractivity contribution >= 4 is 52.6 Å². The van der Waals surface area contributed by atoms with Crippen molar-refractivity contribution in [1.82, 2.24) is 0 Å². The van der Waals surface area contributed by atoms with Gasteiger partial charge in [-0.25, -0.2) is 0 Å². The summed E-state index contributed by atoms with van der Waals surface area (Å²) in [5.41, 5.74) is 0. The van der Waals surface area contributed by atoms with Crippen molar-refractivity contribution in [3.8, 4) is 0 Å². The Morgan fingerprint density at radius 3 is 0.826 bits per heavy atom. The Bertz CT molecular complexity index is 159. The summed E-state index contributed by atoms with van der Waals surface area (Å²) in [5, 5.41) is 0. The number of hydrogen-bond donors (Lipinski definition) is 0.